The van der Waals surface area contributed by atoms with E-state index in [2.05, 4.69) is 366 Å². The largest absolute Gasteiger partial charge is 0.310 e. The standard InChI is InChI=1S/C39H30BrN.C21H16Br2.C19H16/c1-39(2)37-16-10-9-15-35(37)36-22-19-29(25-38(36)39)30-23-31(40)26-34(24-30)41(32-13-7-4-8-14-32)33-20-17-28(18-21-33)27-11-5-3-6-12-27;1-21(2)19-6-4-3-5-17(19)18-8-7-13(11-20(18)21)14-9-15(22)12-16(23)10-14;1-3-7-16(8-4-1)15-17-11-13-19(14-12-17)18-9-5-2-6-10-18/h3-26H,1-2H3;3-12H,1-2H3;1-14H,15H2. The fraction of sp³-hybridized carbons (Fsp3) is 0.0886. The second-order valence-electron chi connectivity index (χ2n) is 22.5. The van der Waals surface area contributed by atoms with E-state index in [0.717, 1.165) is 36.9 Å². The zero-order valence-corrected chi connectivity index (χ0v) is 51.8. The van der Waals surface area contributed by atoms with Crippen molar-refractivity contribution in [3.63, 3.8) is 0 Å². The number of benzene rings is 12. The number of rotatable bonds is 9. The summed E-state index contributed by atoms with van der Waals surface area (Å²) >= 11 is 11.0. The number of para-hydroxylation sites is 1. The van der Waals surface area contributed by atoms with Crippen LogP contribution in [0.4, 0.5) is 17.1 Å². The first-order valence-electron chi connectivity index (χ1n) is 28.3. The lowest BCUT2D eigenvalue weighted by atomic mass is 9.81. The van der Waals surface area contributed by atoms with Gasteiger partial charge >= 0.3 is 0 Å². The Morgan fingerprint density at radius 1 is 0.253 bits per heavy atom. The highest BCUT2D eigenvalue weighted by molar-refractivity contribution is 9.11. The van der Waals surface area contributed by atoms with Crippen molar-refractivity contribution in [2.45, 2.75) is 44.9 Å². The van der Waals surface area contributed by atoms with Crippen LogP contribution in [0.15, 0.2) is 305 Å². The van der Waals surface area contributed by atoms with Gasteiger partial charge in [-0.3, -0.25) is 0 Å². The normalized spacial score (nSPS) is 12.8. The van der Waals surface area contributed by atoms with E-state index in [-0.39, 0.29) is 10.8 Å². The van der Waals surface area contributed by atoms with Crippen molar-refractivity contribution >= 4 is 64.9 Å². The van der Waals surface area contributed by atoms with Crippen molar-refractivity contribution in [2.75, 3.05) is 4.90 Å². The molecule has 0 fully saturated rings. The minimum atomic E-state index is -0.0344. The third-order valence-electron chi connectivity index (χ3n) is 16.4. The molecule has 4 heteroatoms. The van der Waals surface area contributed by atoms with Crippen LogP contribution in [0.5, 0.6) is 0 Å². The van der Waals surface area contributed by atoms with Gasteiger partial charge in [0.2, 0.25) is 0 Å². The molecule has 0 saturated heterocycles. The van der Waals surface area contributed by atoms with Crippen LogP contribution in [0, 0.1) is 0 Å². The molecule has 0 spiro atoms. The number of anilines is 3. The van der Waals surface area contributed by atoms with Gasteiger partial charge in [-0.1, -0.05) is 294 Å². The van der Waals surface area contributed by atoms with Gasteiger partial charge < -0.3 is 4.90 Å². The summed E-state index contributed by atoms with van der Waals surface area (Å²) in [4.78, 5) is 2.33. The highest BCUT2D eigenvalue weighted by Gasteiger charge is 2.36. The second kappa shape index (κ2) is 24.0. The minimum absolute atomic E-state index is 0.0344. The number of fused-ring (bicyclic) bond motifs is 6. The molecule has 0 radical (unpaired) electrons. The van der Waals surface area contributed by atoms with Crippen LogP contribution in [0.25, 0.3) is 66.8 Å². The zero-order chi connectivity index (χ0) is 57.1. The first-order valence-corrected chi connectivity index (χ1v) is 30.7. The molecule has 2 aliphatic rings. The fourth-order valence-electron chi connectivity index (χ4n) is 12.1. The monoisotopic (exact) mass is 1260 g/mol. The van der Waals surface area contributed by atoms with Crippen LogP contribution >= 0.6 is 47.8 Å². The molecule has 0 unspecified atom stereocenters. The average Bonchev–Trinajstić information content (AvgIpc) is 2.58. The predicted octanol–water partition coefficient (Wildman–Crippen LogP) is 23.7. The Morgan fingerprint density at radius 3 is 1.10 bits per heavy atom. The summed E-state index contributed by atoms with van der Waals surface area (Å²) < 4.78 is 3.23. The maximum Gasteiger partial charge on any atom is 0.0479 e. The molecule has 0 aromatic heterocycles. The van der Waals surface area contributed by atoms with Crippen molar-refractivity contribution < 1.29 is 0 Å². The molecule has 0 amide bonds. The topological polar surface area (TPSA) is 3.24 Å². The summed E-state index contributed by atoms with van der Waals surface area (Å²) in [5, 5.41) is 0. The molecule has 0 heterocycles. The molecule has 12 aromatic rings. The zero-order valence-electron chi connectivity index (χ0n) is 47.0. The van der Waals surface area contributed by atoms with Crippen LogP contribution in [0.3, 0.4) is 0 Å². The molecule has 83 heavy (non-hydrogen) atoms. The third-order valence-corrected chi connectivity index (χ3v) is 17.8. The number of hydrogen-bond acceptors (Lipinski definition) is 1. The summed E-state index contributed by atoms with van der Waals surface area (Å²) in [6, 6.07) is 104. The van der Waals surface area contributed by atoms with E-state index in [1.165, 1.54) is 100 Å². The second-order valence-corrected chi connectivity index (χ2v) is 25.3. The SMILES string of the molecule is CC1(C)c2ccccc2-c2ccc(-c3cc(Br)cc(Br)c3)cc21.CC1(C)c2ccccc2-c2ccc(-c3cc(Br)cc(N(c4ccccc4)c4ccc(-c5ccccc5)cc4)c3)cc21.c1ccc(Cc2ccc(-c3ccccc3)cc2)cc1. The minimum Gasteiger partial charge on any atom is -0.310 e. The molecule has 0 N–H and O–H groups in total. The predicted molar refractivity (Wildman–Crippen MR) is 363 cm³/mol. The fourth-order valence-corrected chi connectivity index (χ4v) is 13.9. The van der Waals surface area contributed by atoms with E-state index in [1.807, 2.05) is 6.07 Å². The van der Waals surface area contributed by atoms with Gasteiger partial charge in [-0.25, -0.2) is 0 Å². The Labute approximate surface area is 515 Å². The summed E-state index contributed by atoms with van der Waals surface area (Å²) in [7, 11) is 0. The van der Waals surface area contributed by atoms with Gasteiger partial charge in [0.1, 0.15) is 0 Å². The van der Waals surface area contributed by atoms with E-state index in [4.69, 9.17) is 0 Å². The molecule has 2 aliphatic carbocycles. The lowest BCUT2D eigenvalue weighted by Gasteiger charge is -2.27. The Bertz CT molecular complexity index is 4210. The Hall–Kier alpha value is -8.12. The summed E-state index contributed by atoms with van der Waals surface area (Å²) in [5.74, 6) is 0. The molecule has 0 aliphatic heterocycles. The number of nitrogens with zero attached hydrogens (tertiary/aromatic N) is 1. The molecule has 1 nitrogen and oxygen atoms in total. The van der Waals surface area contributed by atoms with Crippen LogP contribution in [-0.2, 0) is 17.3 Å². The summed E-state index contributed by atoms with van der Waals surface area (Å²) in [5.41, 5.74) is 27.0. The van der Waals surface area contributed by atoms with E-state index in [0.29, 0.717) is 0 Å². The molecule has 14 rings (SSSR count). The molecule has 0 saturated carbocycles. The highest BCUT2D eigenvalue weighted by atomic mass is 79.9. The average molecular weight is 1270 g/mol. The molecule has 404 valence electrons. The number of halogens is 3. The first-order chi connectivity index (χ1) is 40.4. The van der Waals surface area contributed by atoms with Gasteiger partial charge in [0.05, 0.1) is 0 Å². The van der Waals surface area contributed by atoms with Crippen molar-refractivity contribution in [3.05, 3.63) is 338 Å². The Morgan fingerprint density at radius 2 is 0.602 bits per heavy atom. The van der Waals surface area contributed by atoms with E-state index >= 15 is 0 Å². The van der Waals surface area contributed by atoms with Crippen LogP contribution in [0.2, 0.25) is 0 Å². The maximum absolute atomic E-state index is 3.85. The van der Waals surface area contributed by atoms with Crippen LogP contribution < -0.4 is 4.90 Å². The van der Waals surface area contributed by atoms with E-state index in [9.17, 15) is 0 Å². The summed E-state index contributed by atoms with van der Waals surface area (Å²) in [6.07, 6.45) is 0.996. The van der Waals surface area contributed by atoms with E-state index < -0.39 is 0 Å². The van der Waals surface area contributed by atoms with Crippen LogP contribution in [-0.4, -0.2) is 0 Å². The van der Waals surface area contributed by atoms with Gasteiger partial charge in [-0.15, -0.1) is 0 Å². The smallest absolute Gasteiger partial charge is 0.0479 e. The van der Waals surface area contributed by atoms with Crippen molar-refractivity contribution in [1.82, 2.24) is 0 Å². The maximum atomic E-state index is 3.85. The molecule has 0 atom stereocenters. The van der Waals surface area contributed by atoms with Crippen LogP contribution in [0.1, 0.15) is 61.1 Å². The summed E-state index contributed by atoms with van der Waals surface area (Å²) in [6.45, 7) is 9.31. The quantitative estimate of drug-likeness (QED) is 0.139. The molecule has 0 bridgehead atoms. The van der Waals surface area contributed by atoms with Crippen molar-refractivity contribution in [1.29, 1.82) is 0 Å². The Kier molecular flexibility index (Phi) is 16.0. The van der Waals surface area contributed by atoms with Gasteiger partial charge in [0.25, 0.3) is 0 Å². The first kappa shape index (κ1) is 55.4. The van der Waals surface area contributed by atoms with Crippen molar-refractivity contribution in [3.8, 4) is 66.8 Å². The molecular weight excluding hydrogens is 1200 g/mol. The lowest BCUT2D eigenvalue weighted by Crippen LogP contribution is -2.14. The van der Waals surface area contributed by atoms with Gasteiger partial charge in [-0.2, -0.15) is 0 Å². The number of hydrogen-bond donors (Lipinski definition) is 0. The Balaban J connectivity index is 0.000000136. The van der Waals surface area contributed by atoms with E-state index in [1.54, 1.807) is 0 Å². The van der Waals surface area contributed by atoms with Gasteiger partial charge in [-0.05, 0) is 179 Å². The molecular formula is C79H62Br3N. The molecule has 12 aromatic carbocycles. The highest BCUT2D eigenvalue weighted by Crippen LogP contribution is 2.51. The lowest BCUT2D eigenvalue weighted by molar-refractivity contribution is 0.660. The van der Waals surface area contributed by atoms with Gasteiger partial charge in [0.15, 0.2) is 0 Å². The third kappa shape index (κ3) is 11.8. The van der Waals surface area contributed by atoms with Crippen molar-refractivity contribution in [2.24, 2.45) is 0 Å². The van der Waals surface area contributed by atoms with Gasteiger partial charge in [0, 0.05) is 41.3 Å².